The van der Waals surface area contributed by atoms with Crippen molar-refractivity contribution in [3.63, 3.8) is 0 Å². The highest BCUT2D eigenvalue weighted by atomic mass is 35.5. The first-order chi connectivity index (χ1) is 10.0. The maximum absolute atomic E-state index is 12.3. The van der Waals surface area contributed by atoms with E-state index in [-0.39, 0.29) is 5.78 Å². The van der Waals surface area contributed by atoms with Gasteiger partial charge < -0.3 is 4.74 Å². The Hall–Kier alpha value is -1.16. The summed E-state index contributed by atoms with van der Waals surface area (Å²) in [5.41, 5.74) is 0.411. The maximum atomic E-state index is 12.3. The van der Waals surface area contributed by atoms with Gasteiger partial charge in [0.1, 0.15) is 5.75 Å². The maximum Gasteiger partial charge on any atom is 0.204 e. The summed E-state index contributed by atoms with van der Waals surface area (Å²) in [7, 11) is 0. The number of halogens is 2. The fourth-order valence-electron chi connectivity index (χ4n) is 1.82. The summed E-state index contributed by atoms with van der Waals surface area (Å²) in [6, 6.07) is 12.4. The van der Waals surface area contributed by atoms with E-state index in [1.54, 1.807) is 36.9 Å². The van der Waals surface area contributed by atoms with Gasteiger partial charge in [0, 0.05) is 15.5 Å². The van der Waals surface area contributed by atoms with Crippen LogP contribution in [0.5, 0.6) is 5.75 Å². The Morgan fingerprint density at radius 3 is 2.38 bits per heavy atom. The number of benzene rings is 2. The average Bonchev–Trinajstić information content (AvgIpc) is 2.47. The minimum absolute atomic E-state index is 0.175. The quantitative estimate of drug-likeness (QED) is 0.540. The average molecular weight is 341 g/mol. The Bertz CT molecular complexity index is 641. The van der Waals surface area contributed by atoms with E-state index in [0.717, 1.165) is 4.90 Å². The Kier molecular flexibility index (Phi) is 5.57. The molecular formula is C16H14Cl2O2S. The zero-order valence-corrected chi connectivity index (χ0v) is 13.9. The highest BCUT2D eigenvalue weighted by Crippen LogP contribution is 2.24. The lowest BCUT2D eigenvalue weighted by molar-refractivity contribution is 0.0818. The molecule has 0 saturated carbocycles. The molecule has 2 rings (SSSR count). The van der Waals surface area contributed by atoms with Crippen LogP contribution in [0.1, 0.15) is 17.3 Å². The van der Waals surface area contributed by atoms with E-state index < -0.39 is 6.10 Å². The molecule has 0 spiro atoms. The molecule has 0 saturated heterocycles. The summed E-state index contributed by atoms with van der Waals surface area (Å²) in [4.78, 5) is 13.5. The van der Waals surface area contributed by atoms with Gasteiger partial charge in [0.05, 0.1) is 5.02 Å². The molecule has 2 aromatic carbocycles. The van der Waals surface area contributed by atoms with E-state index in [1.165, 1.54) is 0 Å². The van der Waals surface area contributed by atoms with Crippen LogP contribution in [0.2, 0.25) is 10.0 Å². The van der Waals surface area contributed by atoms with Crippen LogP contribution in [-0.4, -0.2) is 18.1 Å². The third-order valence-corrected chi connectivity index (χ3v) is 4.23. The van der Waals surface area contributed by atoms with Crippen molar-refractivity contribution < 1.29 is 9.53 Å². The smallest absolute Gasteiger partial charge is 0.204 e. The predicted octanol–water partition coefficient (Wildman–Crippen LogP) is 5.37. The van der Waals surface area contributed by atoms with Gasteiger partial charge >= 0.3 is 0 Å². The Labute approximate surface area is 138 Å². The van der Waals surface area contributed by atoms with Gasteiger partial charge in [-0.3, -0.25) is 4.79 Å². The fourth-order valence-corrected chi connectivity index (χ4v) is 2.73. The second-order valence-corrected chi connectivity index (χ2v) is 6.15. The number of carbonyl (C=O) groups excluding carboxylic acids is 1. The van der Waals surface area contributed by atoms with E-state index >= 15 is 0 Å². The zero-order chi connectivity index (χ0) is 15.4. The SMILES string of the molecule is CSc1ccc(OC(C)C(=O)c2ccc(Cl)cc2Cl)cc1. The summed E-state index contributed by atoms with van der Waals surface area (Å²) < 4.78 is 5.66. The lowest BCUT2D eigenvalue weighted by Gasteiger charge is -2.14. The lowest BCUT2D eigenvalue weighted by Crippen LogP contribution is -2.24. The molecule has 0 amide bonds. The minimum atomic E-state index is -0.621. The van der Waals surface area contributed by atoms with Gasteiger partial charge in [-0.05, 0) is 55.6 Å². The van der Waals surface area contributed by atoms with Crippen LogP contribution in [0.25, 0.3) is 0 Å². The van der Waals surface area contributed by atoms with E-state index in [0.29, 0.717) is 21.4 Å². The van der Waals surface area contributed by atoms with Crippen LogP contribution >= 0.6 is 35.0 Å². The molecule has 0 fully saturated rings. The third kappa shape index (κ3) is 4.16. The van der Waals surface area contributed by atoms with Crippen molar-refractivity contribution in [3.8, 4) is 5.75 Å². The highest BCUT2D eigenvalue weighted by Gasteiger charge is 2.19. The Balaban J connectivity index is 2.11. The van der Waals surface area contributed by atoms with Crippen molar-refractivity contribution in [2.45, 2.75) is 17.9 Å². The second kappa shape index (κ2) is 7.21. The number of carbonyl (C=O) groups is 1. The first-order valence-corrected chi connectivity index (χ1v) is 8.29. The molecule has 0 radical (unpaired) electrons. The summed E-state index contributed by atoms with van der Waals surface area (Å²) in [6.07, 6.45) is 1.38. The molecule has 0 N–H and O–H groups in total. The van der Waals surface area contributed by atoms with Gasteiger partial charge in [0.15, 0.2) is 6.10 Å². The molecule has 1 atom stereocenters. The lowest BCUT2D eigenvalue weighted by atomic mass is 10.1. The van der Waals surface area contributed by atoms with Crippen LogP contribution in [0.15, 0.2) is 47.4 Å². The van der Waals surface area contributed by atoms with Crippen LogP contribution in [0.3, 0.4) is 0 Å². The van der Waals surface area contributed by atoms with Crippen molar-refractivity contribution in [2.24, 2.45) is 0 Å². The molecule has 5 heteroatoms. The number of rotatable bonds is 5. The summed E-state index contributed by atoms with van der Waals surface area (Å²) in [5.74, 6) is 0.476. The molecule has 0 aliphatic heterocycles. The molecule has 21 heavy (non-hydrogen) atoms. The minimum Gasteiger partial charge on any atom is -0.483 e. The normalized spacial score (nSPS) is 12.0. The van der Waals surface area contributed by atoms with Gasteiger partial charge in [-0.15, -0.1) is 11.8 Å². The van der Waals surface area contributed by atoms with Crippen LogP contribution in [-0.2, 0) is 0 Å². The molecule has 0 aliphatic rings. The van der Waals surface area contributed by atoms with Gasteiger partial charge in [0.2, 0.25) is 5.78 Å². The Morgan fingerprint density at radius 1 is 1.14 bits per heavy atom. The number of Topliss-reactive ketones (excluding diaryl/α,β-unsaturated/α-hetero) is 1. The molecule has 0 heterocycles. The van der Waals surface area contributed by atoms with Gasteiger partial charge in [-0.25, -0.2) is 0 Å². The number of ether oxygens (including phenoxy) is 1. The molecule has 0 aromatic heterocycles. The van der Waals surface area contributed by atoms with Crippen molar-refractivity contribution in [1.82, 2.24) is 0 Å². The number of thioether (sulfide) groups is 1. The van der Waals surface area contributed by atoms with E-state index in [2.05, 4.69) is 0 Å². The van der Waals surface area contributed by atoms with E-state index in [9.17, 15) is 4.79 Å². The number of hydrogen-bond acceptors (Lipinski definition) is 3. The molecule has 110 valence electrons. The van der Waals surface area contributed by atoms with Crippen molar-refractivity contribution >= 4 is 40.7 Å². The third-order valence-electron chi connectivity index (χ3n) is 2.94. The van der Waals surface area contributed by atoms with Crippen molar-refractivity contribution in [1.29, 1.82) is 0 Å². The zero-order valence-electron chi connectivity index (χ0n) is 11.6. The van der Waals surface area contributed by atoms with Gasteiger partial charge in [0.25, 0.3) is 0 Å². The van der Waals surface area contributed by atoms with E-state index in [4.69, 9.17) is 27.9 Å². The van der Waals surface area contributed by atoms with E-state index in [1.807, 2.05) is 30.5 Å². The second-order valence-electron chi connectivity index (χ2n) is 4.42. The molecule has 1 unspecified atom stereocenters. The predicted molar refractivity (Wildman–Crippen MR) is 89.1 cm³/mol. The van der Waals surface area contributed by atoms with Gasteiger partial charge in [-0.1, -0.05) is 23.2 Å². The molecule has 0 bridgehead atoms. The molecule has 0 aliphatic carbocycles. The first-order valence-electron chi connectivity index (χ1n) is 6.31. The Morgan fingerprint density at radius 2 is 1.81 bits per heavy atom. The standard InChI is InChI=1S/C16H14Cl2O2S/c1-10(20-12-4-6-13(21-2)7-5-12)16(19)14-8-3-11(17)9-15(14)18/h3-10H,1-2H3. The molecular weight excluding hydrogens is 327 g/mol. The number of ketones is 1. The monoisotopic (exact) mass is 340 g/mol. The van der Waals surface area contributed by atoms with Gasteiger partial charge in [-0.2, -0.15) is 0 Å². The topological polar surface area (TPSA) is 26.3 Å². The first kappa shape index (κ1) is 16.2. The fraction of sp³-hybridized carbons (Fsp3) is 0.188. The molecule has 2 aromatic rings. The van der Waals surface area contributed by atoms with Crippen LogP contribution < -0.4 is 4.74 Å². The highest BCUT2D eigenvalue weighted by molar-refractivity contribution is 7.98. The number of hydrogen-bond donors (Lipinski definition) is 0. The summed E-state index contributed by atoms with van der Waals surface area (Å²) >= 11 is 13.5. The summed E-state index contributed by atoms with van der Waals surface area (Å²) in [6.45, 7) is 1.70. The van der Waals surface area contributed by atoms with Crippen molar-refractivity contribution in [2.75, 3.05) is 6.26 Å². The van der Waals surface area contributed by atoms with Crippen LogP contribution in [0.4, 0.5) is 0 Å². The largest absolute Gasteiger partial charge is 0.483 e. The molecule has 2 nitrogen and oxygen atoms in total. The van der Waals surface area contributed by atoms with Crippen LogP contribution in [0, 0.1) is 0 Å². The van der Waals surface area contributed by atoms with Crippen molar-refractivity contribution in [3.05, 3.63) is 58.1 Å². The summed E-state index contributed by atoms with van der Waals surface area (Å²) in [5, 5.41) is 0.832.